The van der Waals surface area contributed by atoms with Crippen LogP contribution in [-0.4, -0.2) is 11.5 Å². The van der Waals surface area contributed by atoms with Crippen LogP contribution in [0.5, 0.6) is 5.75 Å². The fourth-order valence-corrected chi connectivity index (χ4v) is 1.75. The summed E-state index contributed by atoms with van der Waals surface area (Å²) in [6.45, 7) is 2.21. The predicted octanol–water partition coefficient (Wildman–Crippen LogP) is 3.66. The lowest BCUT2D eigenvalue weighted by Crippen LogP contribution is -1.97. The number of nitro groups is 1. The molecule has 0 saturated heterocycles. The molecule has 0 heterocycles. The summed E-state index contributed by atoms with van der Waals surface area (Å²) in [5, 5.41) is 11.0. The molecule has 0 N–H and O–H groups in total. The average Bonchev–Trinajstić information content (AvgIpc) is 2.40. The standard InChI is InChI=1S/C14H13NO3/c1-2-18-14-9-8-12(10-13(14)15(16)17)11-6-4-3-5-7-11/h3-10H,2H2,1H3. The van der Waals surface area contributed by atoms with Crippen molar-refractivity contribution in [3.63, 3.8) is 0 Å². The third-order valence-corrected chi connectivity index (χ3v) is 2.56. The normalized spacial score (nSPS) is 10.1. The number of hydrogen-bond donors (Lipinski definition) is 0. The molecule has 0 fully saturated rings. The van der Waals surface area contributed by atoms with Gasteiger partial charge in [-0.15, -0.1) is 0 Å². The molecule has 0 aliphatic heterocycles. The smallest absolute Gasteiger partial charge is 0.311 e. The topological polar surface area (TPSA) is 52.4 Å². The lowest BCUT2D eigenvalue weighted by atomic mass is 10.1. The summed E-state index contributed by atoms with van der Waals surface area (Å²) in [6.07, 6.45) is 0. The van der Waals surface area contributed by atoms with E-state index in [0.29, 0.717) is 12.4 Å². The van der Waals surface area contributed by atoms with Crippen molar-refractivity contribution in [2.75, 3.05) is 6.61 Å². The van der Waals surface area contributed by atoms with E-state index < -0.39 is 4.92 Å². The van der Waals surface area contributed by atoms with E-state index in [9.17, 15) is 10.1 Å². The van der Waals surface area contributed by atoms with E-state index in [0.717, 1.165) is 11.1 Å². The molecular weight excluding hydrogens is 230 g/mol. The summed E-state index contributed by atoms with van der Waals surface area (Å²) in [4.78, 5) is 10.6. The Morgan fingerprint density at radius 1 is 1.11 bits per heavy atom. The van der Waals surface area contributed by atoms with E-state index in [-0.39, 0.29) is 5.69 Å². The van der Waals surface area contributed by atoms with Crippen molar-refractivity contribution in [1.82, 2.24) is 0 Å². The summed E-state index contributed by atoms with van der Waals surface area (Å²) in [6, 6.07) is 14.6. The minimum atomic E-state index is -0.419. The zero-order chi connectivity index (χ0) is 13.0. The molecule has 0 aromatic heterocycles. The second-order valence-corrected chi connectivity index (χ2v) is 3.74. The maximum atomic E-state index is 11.0. The molecule has 0 bridgehead atoms. The molecule has 4 nitrogen and oxygen atoms in total. The summed E-state index contributed by atoms with van der Waals surface area (Å²) in [5.41, 5.74) is 1.76. The zero-order valence-corrected chi connectivity index (χ0v) is 10.00. The van der Waals surface area contributed by atoms with E-state index in [4.69, 9.17) is 4.74 Å². The van der Waals surface area contributed by atoms with Gasteiger partial charge in [0.15, 0.2) is 5.75 Å². The largest absolute Gasteiger partial charge is 0.487 e. The van der Waals surface area contributed by atoms with Crippen LogP contribution in [0, 0.1) is 10.1 Å². The molecule has 92 valence electrons. The lowest BCUT2D eigenvalue weighted by molar-refractivity contribution is -0.385. The Kier molecular flexibility index (Phi) is 3.57. The van der Waals surface area contributed by atoms with Crippen LogP contribution in [0.2, 0.25) is 0 Å². The maximum Gasteiger partial charge on any atom is 0.311 e. The van der Waals surface area contributed by atoms with Gasteiger partial charge in [-0.05, 0) is 24.1 Å². The zero-order valence-electron chi connectivity index (χ0n) is 10.00. The molecule has 0 atom stereocenters. The third-order valence-electron chi connectivity index (χ3n) is 2.56. The number of nitro benzene ring substituents is 1. The highest BCUT2D eigenvalue weighted by Crippen LogP contribution is 2.32. The first-order valence-electron chi connectivity index (χ1n) is 5.69. The Balaban J connectivity index is 2.46. The molecule has 18 heavy (non-hydrogen) atoms. The summed E-state index contributed by atoms with van der Waals surface area (Å²) < 4.78 is 5.25. The molecule has 0 aliphatic rings. The Morgan fingerprint density at radius 2 is 1.83 bits per heavy atom. The minimum absolute atomic E-state index is 0.00166. The molecule has 0 saturated carbocycles. The van der Waals surface area contributed by atoms with Gasteiger partial charge in [0.05, 0.1) is 11.5 Å². The van der Waals surface area contributed by atoms with Gasteiger partial charge in [0, 0.05) is 6.07 Å². The first-order chi connectivity index (χ1) is 8.72. The Morgan fingerprint density at radius 3 is 2.44 bits per heavy atom. The monoisotopic (exact) mass is 243 g/mol. The van der Waals surface area contributed by atoms with E-state index in [1.165, 1.54) is 0 Å². The van der Waals surface area contributed by atoms with Crippen molar-refractivity contribution >= 4 is 5.69 Å². The molecule has 4 heteroatoms. The van der Waals surface area contributed by atoms with Crippen LogP contribution in [0.3, 0.4) is 0 Å². The van der Waals surface area contributed by atoms with E-state index in [1.807, 2.05) is 36.4 Å². The molecule has 0 aliphatic carbocycles. The second kappa shape index (κ2) is 5.31. The average molecular weight is 243 g/mol. The third kappa shape index (κ3) is 2.48. The van der Waals surface area contributed by atoms with Gasteiger partial charge < -0.3 is 4.74 Å². The van der Waals surface area contributed by atoms with Gasteiger partial charge in [0.25, 0.3) is 0 Å². The second-order valence-electron chi connectivity index (χ2n) is 3.74. The van der Waals surface area contributed by atoms with E-state index >= 15 is 0 Å². The van der Waals surface area contributed by atoms with E-state index in [1.54, 1.807) is 19.1 Å². The molecule has 0 unspecified atom stereocenters. The minimum Gasteiger partial charge on any atom is -0.487 e. The van der Waals surface area contributed by atoms with Gasteiger partial charge >= 0.3 is 5.69 Å². The lowest BCUT2D eigenvalue weighted by Gasteiger charge is -2.06. The summed E-state index contributed by atoms with van der Waals surface area (Å²) in [7, 11) is 0. The Hall–Kier alpha value is -2.36. The van der Waals surface area contributed by atoms with Crippen LogP contribution in [-0.2, 0) is 0 Å². The quantitative estimate of drug-likeness (QED) is 0.608. The molecular formula is C14H13NO3. The van der Waals surface area contributed by atoms with Gasteiger partial charge in [0.2, 0.25) is 0 Å². The van der Waals surface area contributed by atoms with E-state index in [2.05, 4.69) is 0 Å². The molecule has 2 rings (SSSR count). The van der Waals surface area contributed by atoms with Gasteiger partial charge in [-0.3, -0.25) is 10.1 Å². The summed E-state index contributed by atoms with van der Waals surface area (Å²) in [5.74, 6) is 0.308. The molecule has 0 radical (unpaired) electrons. The first kappa shape index (κ1) is 12.1. The van der Waals surface area contributed by atoms with Crippen LogP contribution >= 0.6 is 0 Å². The maximum absolute atomic E-state index is 11.0. The van der Waals surface area contributed by atoms with Gasteiger partial charge in [-0.2, -0.15) is 0 Å². The number of hydrogen-bond acceptors (Lipinski definition) is 3. The van der Waals surface area contributed by atoms with Crippen molar-refractivity contribution in [2.24, 2.45) is 0 Å². The van der Waals surface area contributed by atoms with Crippen LogP contribution < -0.4 is 4.74 Å². The number of benzene rings is 2. The van der Waals surface area contributed by atoms with Crippen molar-refractivity contribution in [2.45, 2.75) is 6.92 Å². The highest BCUT2D eigenvalue weighted by Gasteiger charge is 2.16. The number of ether oxygens (including phenoxy) is 1. The SMILES string of the molecule is CCOc1ccc(-c2ccccc2)cc1[N+](=O)[O-]. The van der Waals surface area contributed by atoms with Crippen LogP contribution in [0.4, 0.5) is 5.69 Å². The van der Waals surface area contributed by atoms with Crippen molar-refractivity contribution < 1.29 is 9.66 Å². The fraction of sp³-hybridized carbons (Fsp3) is 0.143. The van der Waals surface area contributed by atoms with Crippen LogP contribution in [0.15, 0.2) is 48.5 Å². The van der Waals surface area contributed by atoms with Gasteiger partial charge in [0.1, 0.15) is 0 Å². The molecule has 2 aromatic carbocycles. The Labute approximate surface area is 105 Å². The highest BCUT2D eigenvalue weighted by atomic mass is 16.6. The van der Waals surface area contributed by atoms with Crippen molar-refractivity contribution in [1.29, 1.82) is 0 Å². The first-order valence-corrected chi connectivity index (χ1v) is 5.69. The van der Waals surface area contributed by atoms with Crippen LogP contribution in [0.1, 0.15) is 6.92 Å². The molecule has 0 spiro atoms. The van der Waals surface area contributed by atoms with Gasteiger partial charge in [-0.25, -0.2) is 0 Å². The fourth-order valence-electron chi connectivity index (χ4n) is 1.75. The van der Waals surface area contributed by atoms with Crippen LogP contribution in [0.25, 0.3) is 11.1 Å². The molecule has 0 amide bonds. The predicted molar refractivity (Wildman–Crippen MR) is 69.7 cm³/mol. The highest BCUT2D eigenvalue weighted by molar-refractivity contribution is 5.68. The molecule has 2 aromatic rings. The Bertz CT molecular complexity index is 552. The van der Waals surface area contributed by atoms with Crippen molar-refractivity contribution in [3.05, 3.63) is 58.6 Å². The van der Waals surface area contributed by atoms with Gasteiger partial charge in [-0.1, -0.05) is 36.4 Å². The summed E-state index contributed by atoms with van der Waals surface area (Å²) >= 11 is 0. The number of nitrogens with zero attached hydrogens (tertiary/aromatic N) is 1. The number of rotatable bonds is 4. The van der Waals surface area contributed by atoms with Crippen molar-refractivity contribution in [3.8, 4) is 16.9 Å².